The third kappa shape index (κ3) is 3.49. The van der Waals surface area contributed by atoms with Gasteiger partial charge in [0.1, 0.15) is 11.5 Å². The molecule has 0 amide bonds. The minimum absolute atomic E-state index is 0.211. The van der Waals surface area contributed by atoms with E-state index in [0.29, 0.717) is 6.16 Å². The highest BCUT2D eigenvalue weighted by atomic mass is 31.1. The van der Waals surface area contributed by atoms with E-state index in [9.17, 15) is 14.8 Å². The molecule has 0 saturated heterocycles. The van der Waals surface area contributed by atoms with Gasteiger partial charge >= 0.3 is 0 Å². The number of hydrogen-bond acceptors (Lipinski definition) is 3. The van der Waals surface area contributed by atoms with Crippen molar-refractivity contribution in [3.8, 4) is 11.5 Å². The summed E-state index contributed by atoms with van der Waals surface area (Å²) in [5, 5.41) is 18.6. The standard InChI is InChI=1S/C15H15O3P/c16-13-5-1-11(2-6-13)15(9-10-19-18)12-3-7-14(17)8-4-12/h1-9,16-17H,10,19H2. The Balaban J connectivity index is 2.44. The molecule has 0 aliphatic heterocycles. The van der Waals surface area contributed by atoms with Crippen LogP contribution in [0.4, 0.5) is 0 Å². The number of phenolic OH excluding ortho intramolecular Hbond substituents is 2. The van der Waals surface area contributed by atoms with Crippen molar-refractivity contribution in [1.82, 2.24) is 0 Å². The molecule has 2 aromatic rings. The molecule has 2 N–H and O–H groups in total. The Kier molecular flexibility index (Phi) is 4.43. The van der Waals surface area contributed by atoms with E-state index in [1.54, 1.807) is 24.3 Å². The van der Waals surface area contributed by atoms with Gasteiger partial charge in [-0.1, -0.05) is 30.3 Å². The van der Waals surface area contributed by atoms with E-state index in [1.165, 1.54) is 0 Å². The summed E-state index contributed by atoms with van der Waals surface area (Å²) in [6.07, 6.45) is 2.44. The first-order valence-electron chi connectivity index (χ1n) is 5.93. The fraction of sp³-hybridized carbons (Fsp3) is 0.0667. The number of aromatic hydroxyl groups is 2. The monoisotopic (exact) mass is 274 g/mol. The van der Waals surface area contributed by atoms with Gasteiger partial charge in [-0.25, -0.2) is 0 Å². The van der Waals surface area contributed by atoms with E-state index in [-0.39, 0.29) is 11.5 Å². The predicted molar refractivity (Wildman–Crippen MR) is 78.6 cm³/mol. The van der Waals surface area contributed by atoms with Crippen LogP contribution >= 0.6 is 8.46 Å². The number of rotatable bonds is 4. The van der Waals surface area contributed by atoms with Crippen molar-refractivity contribution >= 4 is 14.0 Å². The second-order valence-corrected chi connectivity index (χ2v) is 4.92. The van der Waals surface area contributed by atoms with Crippen molar-refractivity contribution in [2.24, 2.45) is 0 Å². The van der Waals surface area contributed by atoms with Gasteiger partial charge < -0.3 is 14.8 Å². The molecule has 19 heavy (non-hydrogen) atoms. The Hall–Kier alpha value is -1.99. The molecule has 0 aliphatic rings. The molecule has 0 saturated carbocycles. The van der Waals surface area contributed by atoms with Crippen molar-refractivity contribution in [2.75, 3.05) is 6.16 Å². The van der Waals surface area contributed by atoms with Crippen molar-refractivity contribution in [3.63, 3.8) is 0 Å². The van der Waals surface area contributed by atoms with Gasteiger partial charge in [0.15, 0.2) is 0 Å². The van der Waals surface area contributed by atoms with Crippen LogP contribution in [-0.4, -0.2) is 16.4 Å². The van der Waals surface area contributed by atoms with E-state index >= 15 is 0 Å². The molecular weight excluding hydrogens is 259 g/mol. The smallest absolute Gasteiger partial charge is 0.115 e. The molecule has 0 radical (unpaired) electrons. The molecule has 3 nitrogen and oxygen atoms in total. The zero-order valence-electron chi connectivity index (χ0n) is 10.3. The van der Waals surface area contributed by atoms with Crippen LogP contribution < -0.4 is 0 Å². The highest BCUT2D eigenvalue weighted by Gasteiger charge is 2.05. The molecule has 0 aromatic heterocycles. The SMILES string of the molecule is O=[PH2]CC=C(c1ccc(O)cc1)c1ccc(O)cc1. The maximum Gasteiger partial charge on any atom is 0.115 e. The van der Waals surface area contributed by atoms with Gasteiger partial charge in [-0.15, -0.1) is 0 Å². The fourth-order valence-corrected chi connectivity index (χ4v) is 2.18. The molecule has 4 heteroatoms. The van der Waals surface area contributed by atoms with Crippen LogP contribution in [0.5, 0.6) is 11.5 Å². The Morgan fingerprint density at radius 2 is 1.32 bits per heavy atom. The summed E-state index contributed by atoms with van der Waals surface area (Å²) in [5.74, 6) is 0.423. The average molecular weight is 274 g/mol. The Bertz CT molecular complexity index is 538. The Labute approximate surface area is 113 Å². The molecule has 0 bridgehead atoms. The normalized spacial score (nSPS) is 10.7. The molecule has 98 valence electrons. The molecule has 0 heterocycles. The maximum atomic E-state index is 10.8. The molecule has 0 spiro atoms. The van der Waals surface area contributed by atoms with Crippen LogP contribution in [0.1, 0.15) is 11.1 Å². The molecule has 1 atom stereocenters. The van der Waals surface area contributed by atoms with Gasteiger partial charge in [-0.2, -0.15) is 0 Å². The summed E-state index contributed by atoms with van der Waals surface area (Å²) < 4.78 is 10.8. The van der Waals surface area contributed by atoms with Gasteiger partial charge in [0.2, 0.25) is 0 Å². The fourth-order valence-electron chi connectivity index (χ4n) is 1.85. The quantitative estimate of drug-likeness (QED) is 0.841. The highest BCUT2D eigenvalue weighted by Crippen LogP contribution is 2.26. The molecule has 1 unspecified atom stereocenters. The number of benzene rings is 2. The lowest BCUT2D eigenvalue weighted by Crippen LogP contribution is -1.88. The second kappa shape index (κ2) is 6.26. The van der Waals surface area contributed by atoms with Gasteiger partial charge in [0.05, 0.1) is 8.46 Å². The number of phenols is 2. The second-order valence-electron chi connectivity index (χ2n) is 4.11. The van der Waals surface area contributed by atoms with E-state index in [4.69, 9.17) is 0 Å². The van der Waals surface area contributed by atoms with Crippen molar-refractivity contribution in [3.05, 3.63) is 65.7 Å². The van der Waals surface area contributed by atoms with Crippen LogP contribution in [0.2, 0.25) is 0 Å². The molecule has 0 fully saturated rings. The highest BCUT2D eigenvalue weighted by molar-refractivity contribution is 7.23. The lowest BCUT2D eigenvalue weighted by Gasteiger charge is -2.08. The van der Waals surface area contributed by atoms with Crippen LogP contribution in [0.25, 0.3) is 5.57 Å². The van der Waals surface area contributed by atoms with Crippen molar-refractivity contribution in [2.45, 2.75) is 0 Å². The van der Waals surface area contributed by atoms with Crippen molar-refractivity contribution < 1.29 is 14.8 Å². The molecule has 0 aliphatic carbocycles. The molecular formula is C15H15O3P. The minimum Gasteiger partial charge on any atom is -0.508 e. The summed E-state index contributed by atoms with van der Waals surface area (Å²) >= 11 is 0. The third-order valence-corrected chi connectivity index (χ3v) is 3.20. The average Bonchev–Trinajstić information content (AvgIpc) is 2.43. The first kappa shape index (κ1) is 13.4. The Morgan fingerprint density at radius 1 is 0.895 bits per heavy atom. The van der Waals surface area contributed by atoms with Gasteiger partial charge in [0.25, 0.3) is 0 Å². The maximum absolute atomic E-state index is 10.8. The van der Waals surface area contributed by atoms with E-state index < -0.39 is 8.46 Å². The van der Waals surface area contributed by atoms with E-state index in [2.05, 4.69) is 0 Å². The van der Waals surface area contributed by atoms with Gasteiger partial charge in [-0.05, 0) is 41.0 Å². The Morgan fingerprint density at radius 3 is 1.68 bits per heavy atom. The van der Waals surface area contributed by atoms with E-state index in [1.807, 2.05) is 30.3 Å². The van der Waals surface area contributed by atoms with E-state index in [0.717, 1.165) is 16.7 Å². The summed E-state index contributed by atoms with van der Waals surface area (Å²) in [7, 11) is -0.834. The number of hydrogen-bond donors (Lipinski definition) is 2. The zero-order valence-corrected chi connectivity index (χ0v) is 11.4. The molecule has 2 rings (SSSR count). The minimum atomic E-state index is -0.834. The van der Waals surface area contributed by atoms with Crippen LogP contribution in [0.3, 0.4) is 0 Å². The first-order chi connectivity index (χ1) is 9.20. The first-order valence-corrected chi connectivity index (χ1v) is 7.22. The van der Waals surface area contributed by atoms with Crippen LogP contribution in [0.15, 0.2) is 54.6 Å². The lowest BCUT2D eigenvalue weighted by atomic mass is 9.97. The largest absolute Gasteiger partial charge is 0.508 e. The van der Waals surface area contributed by atoms with Gasteiger partial charge in [0, 0.05) is 6.16 Å². The summed E-state index contributed by atoms with van der Waals surface area (Å²) in [5.41, 5.74) is 2.83. The number of allylic oxidation sites excluding steroid dienone is 1. The molecule has 2 aromatic carbocycles. The lowest BCUT2D eigenvalue weighted by molar-refractivity contribution is 0.475. The van der Waals surface area contributed by atoms with Gasteiger partial charge in [-0.3, -0.25) is 0 Å². The summed E-state index contributed by atoms with van der Waals surface area (Å²) in [6.45, 7) is 0. The van der Waals surface area contributed by atoms with Crippen molar-refractivity contribution in [1.29, 1.82) is 0 Å². The topological polar surface area (TPSA) is 57.5 Å². The van der Waals surface area contributed by atoms with Crippen LogP contribution in [-0.2, 0) is 4.57 Å². The predicted octanol–water partition coefficient (Wildman–Crippen LogP) is 3.29. The summed E-state index contributed by atoms with van der Waals surface area (Å²) in [4.78, 5) is 0. The third-order valence-electron chi connectivity index (χ3n) is 2.77. The summed E-state index contributed by atoms with van der Waals surface area (Å²) in [6, 6.07) is 13.7. The zero-order chi connectivity index (χ0) is 13.7. The van der Waals surface area contributed by atoms with Crippen LogP contribution in [0, 0.1) is 0 Å².